The van der Waals surface area contributed by atoms with Gasteiger partial charge in [0.2, 0.25) is 11.8 Å². The molecule has 8 nitrogen and oxygen atoms in total. The molecule has 1 aliphatic heterocycles. The van der Waals surface area contributed by atoms with Crippen LogP contribution in [0.3, 0.4) is 0 Å². The van der Waals surface area contributed by atoms with Gasteiger partial charge >= 0.3 is 0 Å². The van der Waals surface area contributed by atoms with Crippen molar-refractivity contribution in [2.24, 2.45) is 0 Å². The number of sulfonamides is 1. The molecule has 4 rings (SSSR count). The number of piperazine rings is 1. The number of thiazole rings is 1. The van der Waals surface area contributed by atoms with Crippen LogP contribution in [0.5, 0.6) is 0 Å². The van der Waals surface area contributed by atoms with Crippen LogP contribution in [-0.4, -0.2) is 67.1 Å². The number of nitrogens with zero attached hydrogens (tertiary/aromatic N) is 3. The van der Waals surface area contributed by atoms with Crippen molar-refractivity contribution >= 4 is 66.2 Å². The largest absolute Gasteiger partial charge is 0.354 e. The molecule has 0 saturated carbocycles. The third-order valence-electron chi connectivity index (χ3n) is 4.86. The van der Waals surface area contributed by atoms with Gasteiger partial charge in [-0.3, -0.25) is 9.59 Å². The number of halogens is 1. The predicted octanol–water partition coefficient (Wildman–Crippen LogP) is 2.20. The zero-order chi connectivity index (χ0) is 22.0. The molecule has 164 valence electrons. The van der Waals surface area contributed by atoms with Crippen LogP contribution in [0.25, 0.3) is 10.1 Å². The molecule has 0 atom stereocenters. The Balaban J connectivity index is 1.34. The maximum absolute atomic E-state index is 13.0. The normalized spacial score (nSPS) is 15.5. The van der Waals surface area contributed by atoms with Crippen molar-refractivity contribution in [1.29, 1.82) is 0 Å². The van der Waals surface area contributed by atoms with Gasteiger partial charge in [-0.1, -0.05) is 17.7 Å². The fourth-order valence-corrected chi connectivity index (χ4v) is 7.02. The van der Waals surface area contributed by atoms with E-state index in [9.17, 15) is 18.0 Å². The van der Waals surface area contributed by atoms with E-state index in [-0.39, 0.29) is 36.3 Å². The minimum atomic E-state index is -3.81. The van der Waals surface area contributed by atoms with Gasteiger partial charge in [-0.2, -0.15) is 4.31 Å². The molecule has 2 aromatic heterocycles. The second-order valence-electron chi connectivity index (χ2n) is 6.98. The Kier molecular flexibility index (Phi) is 6.58. The van der Waals surface area contributed by atoms with E-state index < -0.39 is 15.9 Å². The van der Waals surface area contributed by atoms with Crippen LogP contribution in [0.4, 0.5) is 0 Å². The summed E-state index contributed by atoms with van der Waals surface area (Å²) in [6, 6.07) is 6.79. The number of nitrogens with one attached hydrogen (secondary N) is 1. The lowest BCUT2D eigenvalue weighted by molar-refractivity contribution is -0.138. The summed E-state index contributed by atoms with van der Waals surface area (Å²) < 4.78 is 28.1. The van der Waals surface area contributed by atoms with Crippen LogP contribution in [0.1, 0.15) is 5.69 Å². The number of carbonyl (C=O) groups excluding carboxylic acids is 2. The molecule has 1 fully saturated rings. The van der Waals surface area contributed by atoms with E-state index in [1.165, 1.54) is 16.2 Å². The summed E-state index contributed by atoms with van der Waals surface area (Å²) in [5.41, 5.74) is 2.64. The number of carbonyl (C=O) groups is 2. The summed E-state index contributed by atoms with van der Waals surface area (Å²) >= 11 is 8.61. The highest BCUT2D eigenvalue weighted by Gasteiger charge is 2.34. The summed E-state index contributed by atoms with van der Waals surface area (Å²) in [6.45, 7) is 0.346. The van der Waals surface area contributed by atoms with Crippen LogP contribution in [0.15, 0.2) is 39.4 Å². The Morgan fingerprint density at radius 2 is 2.10 bits per heavy atom. The topological polar surface area (TPSA) is 99.7 Å². The Morgan fingerprint density at radius 3 is 2.84 bits per heavy atom. The maximum atomic E-state index is 13.0. The Labute approximate surface area is 192 Å². The van der Waals surface area contributed by atoms with Crippen molar-refractivity contribution in [3.8, 4) is 0 Å². The molecule has 3 aromatic rings. The molecule has 1 aliphatic rings. The molecule has 1 aromatic carbocycles. The third kappa shape index (κ3) is 5.07. The summed E-state index contributed by atoms with van der Waals surface area (Å²) in [7, 11) is -3.81. The summed E-state index contributed by atoms with van der Waals surface area (Å²) in [6.07, 6.45) is 0.621. The van der Waals surface area contributed by atoms with E-state index in [1.54, 1.807) is 29.8 Å². The standard InChI is InChI=1S/C19H19ClN4O4S3/c20-14-2-1-13-7-19(30-16(13)8-14)31(27,28)24-6-5-23(18(26)10-24)9-17(25)21-4-3-15-11-29-12-22-15/h1-2,7-8,11-12H,3-6,9-10H2,(H,21,25). The Morgan fingerprint density at radius 1 is 1.26 bits per heavy atom. The van der Waals surface area contributed by atoms with Crippen molar-refractivity contribution in [1.82, 2.24) is 19.5 Å². The Bertz CT molecular complexity index is 1210. The number of amides is 2. The molecule has 1 N–H and O–H groups in total. The molecule has 0 radical (unpaired) electrons. The van der Waals surface area contributed by atoms with Crippen LogP contribution < -0.4 is 5.32 Å². The molecule has 12 heteroatoms. The second kappa shape index (κ2) is 9.21. The van der Waals surface area contributed by atoms with Crippen molar-refractivity contribution in [2.45, 2.75) is 10.6 Å². The Hall–Kier alpha value is -2.05. The van der Waals surface area contributed by atoms with E-state index in [1.807, 2.05) is 5.38 Å². The van der Waals surface area contributed by atoms with Gasteiger partial charge in [0.05, 0.1) is 24.3 Å². The van der Waals surface area contributed by atoms with Gasteiger partial charge in [0.25, 0.3) is 10.0 Å². The summed E-state index contributed by atoms with van der Waals surface area (Å²) in [5.74, 6) is -0.671. The molecule has 0 aliphatic carbocycles. The van der Waals surface area contributed by atoms with Crippen molar-refractivity contribution < 1.29 is 18.0 Å². The van der Waals surface area contributed by atoms with Gasteiger partial charge in [-0.25, -0.2) is 13.4 Å². The fraction of sp³-hybridized carbons (Fsp3) is 0.316. The fourth-order valence-electron chi connectivity index (χ4n) is 3.21. The van der Waals surface area contributed by atoms with Gasteiger partial charge in [-0.15, -0.1) is 22.7 Å². The van der Waals surface area contributed by atoms with E-state index in [0.29, 0.717) is 18.0 Å². The van der Waals surface area contributed by atoms with Gasteiger partial charge in [-0.05, 0) is 23.6 Å². The molecule has 3 heterocycles. The van der Waals surface area contributed by atoms with E-state index in [2.05, 4.69) is 10.3 Å². The van der Waals surface area contributed by atoms with Crippen LogP contribution in [0.2, 0.25) is 5.02 Å². The van der Waals surface area contributed by atoms with Crippen LogP contribution in [-0.2, 0) is 26.0 Å². The average molecular weight is 499 g/mol. The van der Waals surface area contributed by atoms with Crippen molar-refractivity contribution in [2.75, 3.05) is 32.7 Å². The second-order valence-corrected chi connectivity index (χ2v) is 11.4. The summed E-state index contributed by atoms with van der Waals surface area (Å²) in [4.78, 5) is 30.2. The number of thiophene rings is 1. The monoisotopic (exact) mass is 498 g/mol. The van der Waals surface area contributed by atoms with E-state index in [4.69, 9.17) is 11.6 Å². The molecular formula is C19H19ClN4O4S3. The molecule has 1 saturated heterocycles. The molecule has 31 heavy (non-hydrogen) atoms. The van der Waals surface area contributed by atoms with E-state index in [0.717, 1.165) is 31.4 Å². The molecular weight excluding hydrogens is 480 g/mol. The molecule has 0 unspecified atom stereocenters. The lowest BCUT2D eigenvalue weighted by Crippen LogP contribution is -2.54. The minimum absolute atomic E-state index is 0.0921. The van der Waals surface area contributed by atoms with Gasteiger partial charge < -0.3 is 10.2 Å². The first kappa shape index (κ1) is 22.2. The van der Waals surface area contributed by atoms with Crippen LogP contribution in [0, 0.1) is 0 Å². The minimum Gasteiger partial charge on any atom is -0.354 e. The zero-order valence-corrected chi connectivity index (χ0v) is 19.5. The van der Waals surface area contributed by atoms with Gasteiger partial charge in [0.1, 0.15) is 4.21 Å². The van der Waals surface area contributed by atoms with E-state index >= 15 is 0 Å². The first-order chi connectivity index (χ1) is 14.8. The van der Waals surface area contributed by atoms with Gasteiger partial charge in [0, 0.05) is 41.2 Å². The first-order valence-corrected chi connectivity index (χ1v) is 13.0. The summed E-state index contributed by atoms with van der Waals surface area (Å²) in [5, 5.41) is 6.00. The third-order valence-corrected chi connectivity index (χ3v) is 9.12. The van der Waals surface area contributed by atoms with Crippen molar-refractivity contribution in [3.05, 3.63) is 45.9 Å². The lowest BCUT2D eigenvalue weighted by Gasteiger charge is -2.32. The first-order valence-electron chi connectivity index (χ1n) is 9.44. The number of rotatable bonds is 7. The highest BCUT2D eigenvalue weighted by Crippen LogP contribution is 2.33. The quantitative estimate of drug-likeness (QED) is 0.538. The highest BCUT2D eigenvalue weighted by molar-refractivity contribution is 7.91. The number of hydrogen-bond acceptors (Lipinski definition) is 7. The number of fused-ring (bicyclic) bond motifs is 1. The molecule has 2 amide bonds. The smallest absolute Gasteiger partial charge is 0.253 e. The lowest BCUT2D eigenvalue weighted by atomic mass is 10.3. The number of benzene rings is 1. The average Bonchev–Trinajstić information content (AvgIpc) is 3.39. The maximum Gasteiger partial charge on any atom is 0.253 e. The predicted molar refractivity (Wildman–Crippen MR) is 121 cm³/mol. The zero-order valence-electron chi connectivity index (χ0n) is 16.3. The molecule has 0 bridgehead atoms. The van der Waals surface area contributed by atoms with Crippen molar-refractivity contribution in [3.63, 3.8) is 0 Å². The number of aromatic nitrogens is 1. The van der Waals surface area contributed by atoms with Crippen LogP contribution >= 0.6 is 34.3 Å². The SMILES string of the molecule is O=C(CN1CCN(S(=O)(=O)c2cc3ccc(Cl)cc3s2)CC1=O)NCCc1cscn1. The van der Waals surface area contributed by atoms with Gasteiger partial charge in [0.15, 0.2) is 0 Å². The molecule has 0 spiro atoms. The highest BCUT2D eigenvalue weighted by atomic mass is 35.5. The number of hydrogen-bond donors (Lipinski definition) is 1.